The molecule has 0 fully saturated rings. The lowest BCUT2D eigenvalue weighted by Crippen LogP contribution is -2.22. The molecular formula is C15H17BrN2O4. The number of nitrogens with two attached hydrogens (primary N) is 1. The molecular weight excluding hydrogens is 352 g/mol. The fourth-order valence-electron chi connectivity index (χ4n) is 1.96. The van der Waals surface area contributed by atoms with Crippen LogP contribution in [-0.4, -0.2) is 20.1 Å². The number of halogens is 1. The molecule has 2 aromatic rings. The van der Waals surface area contributed by atoms with Crippen LogP contribution in [0.2, 0.25) is 0 Å². The van der Waals surface area contributed by atoms with Crippen molar-refractivity contribution in [2.45, 2.75) is 13.1 Å². The number of amides is 1. The van der Waals surface area contributed by atoms with Gasteiger partial charge in [0.05, 0.1) is 30.8 Å². The van der Waals surface area contributed by atoms with Crippen molar-refractivity contribution in [3.8, 4) is 11.5 Å². The predicted octanol–water partition coefficient (Wildman–Crippen LogP) is 2.45. The van der Waals surface area contributed by atoms with Gasteiger partial charge < -0.3 is 24.9 Å². The van der Waals surface area contributed by atoms with Crippen molar-refractivity contribution in [1.29, 1.82) is 0 Å². The topological polar surface area (TPSA) is 86.7 Å². The Morgan fingerprint density at radius 2 is 2.09 bits per heavy atom. The summed E-state index contributed by atoms with van der Waals surface area (Å²) in [6, 6.07) is 5.30. The predicted molar refractivity (Wildman–Crippen MR) is 85.0 cm³/mol. The van der Waals surface area contributed by atoms with Crippen LogP contribution < -0.4 is 20.5 Å². The molecule has 7 heteroatoms. The number of rotatable bonds is 6. The molecule has 0 unspecified atom stereocenters. The van der Waals surface area contributed by atoms with Crippen LogP contribution in [0.3, 0.4) is 0 Å². The summed E-state index contributed by atoms with van der Waals surface area (Å²) in [6.07, 6.45) is 1.39. The van der Waals surface area contributed by atoms with Gasteiger partial charge >= 0.3 is 0 Å². The van der Waals surface area contributed by atoms with Gasteiger partial charge in [0.25, 0.3) is 5.91 Å². The first-order valence-corrected chi connectivity index (χ1v) is 7.34. The van der Waals surface area contributed by atoms with Gasteiger partial charge in [-0.1, -0.05) is 0 Å². The van der Waals surface area contributed by atoms with Gasteiger partial charge in [0.15, 0.2) is 11.5 Å². The van der Waals surface area contributed by atoms with Crippen LogP contribution in [0.1, 0.15) is 21.7 Å². The van der Waals surface area contributed by atoms with E-state index in [1.54, 1.807) is 20.3 Å². The van der Waals surface area contributed by atoms with Crippen molar-refractivity contribution in [2.75, 3.05) is 14.2 Å². The molecule has 0 saturated carbocycles. The molecule has 1 heterocycles. The van der Waals surface area contributed by atoms with Crippen LogP contribution in [0.15, 0.2) is 33.4 Å². The maximum Gasteiger partial charge on any atom is 0.254 e. The second-order valence-electron chi connectivity index (χ2n) is 4.50. The number of nitrogens with one attached hydrogen (secondary N) is 1. The van der Waals surface area contributed by atoms with E-state index in [4.69, 9.17) is 19.6 Å². The van der Waals surface area contributed by atoms with Crippen molar-refractivity contribution in [2.24, 2.45) is 5.73 Å². The van der Waals surface area contributed by atoms with E-state index >= 15 is 0 Å². The number of ether oxygens (including phenoxy) is 2. The Hall–Kier alpha value is -1.99. The second kappa shape index (κ2) is 7.33. The second-order valence-corrected chi connectivity index (χ2v) is 5.36. The van der Waals surface area contributed by atoms with Crippen molar-refractivity contribution in [3.05, 3.63) is 45.8 Å². The third-order valence-electron chi connectivity index (χ3n) is 3.06. The first-order chi connectivity index (χ1) is 10.6. The summed E-state index contributed by atoms with van der Waals surface area (Å²) in [6.45, 7) is 0.608. The molecule has 6 nitrogen and oxygen atoms in total. The quantitative estimate of drug-likeness (QED) is 0.817. The number of methoxy groups -OCH3 is 2. The van der Waals surface area contributed by atoms with Crippen molar-refractivity contribution >= 4 is 21.8 Å². The van der Waals surface area contributed by atoms with Gasteiger partial charge in [-0.15, -0.1) is 0 Å². The van der Waals surface area contributed by atoms with E-state index in [9.17, 15) is 4.79 Å². The summed E-state index contributed by atoms with van der Waals surface area (Å²) in [5, 5.41) is 2.81. The molecule has 1 aromatic carbocycles. The lowest BCUT2D eigenvalue weighted by atomic mass is 10.2. The van der Waals surface area contributed by atoms with Crippen LogP contribution in [0.5, 0.6) is 11.5 Å². The summed E-state index contributed by atoms with van der Waals surface area (Å²) < 4.78 is 16.4. The Balaban J connectivity index is 2.08. The monoisotopic (exact) mass is 368 g/mol. The minimum Gasteiger partial charge on any atom is -0.493 e. The molecule has 0 aliphatic heterocycles. The zero-order chi connectivity index (χ0) is 16.1. The Morgan fingerprint density at radius 3 is 2.68 bits per heavy atom. The molecule has 118 valence electrons. The molecule has 1 aromatic heterocycles. The van der Waals surface area contributed by atoms with Gasteiger partial charge in [-0.2, -0.15) is 0 Å². The lowest BCUT2D eigenvalue weighted by Gasteiger charge is -2.12. The molecule has 22 heavy (non-hydrogen) atoms. The van der Waals surface area contributed by atoms with Crippen LogP contribution >= 0.6 is 15.9 Å². The first-order valence-electron chi connectivity index (χ1n) is 6.55. The van der Waals surface area contributed by atoms with Crippen LogP contribution in [0.25, 0.3) is 0 Å². The maximum absolute atomic E-state index is 12.0. The molecule has 2 rings (SSSR count). The molecule has 0 radical (unpaired) electrons. The number of hydrogen-bond acceptors (Lipinski definition) is 5. The van der Waals surface area contributed by atoms with Gasteiger partial charge in [0.1, 0.15) is 12.0 Å². The highest BCUT2D eigenvalue weighted by atomic mass is 79.9. The largest absolute Gasteiger partial charge is 0.493 e. The molecule has 1 amide bonds. The smallest absolute Gasteiger partial charge is 0.254 e. The van der Waals surface area contributed by atoms with Crippen molar-refractivity contribution in [1.82, 2.24) is 5.32 Å². The zero-order valence-electron chi connectivity index (χ0n) is 12.3. The molecule has 0 spiro atoms. The van der Waals surface area contributed by atoms with E-state index in [1.165, 1.54) is 6.26 Å². The maximum atomic E-state index is 12.0. The number of benzene rings is 1. The average molecular weight is 369 g/mol. The molecule has 0 aliphatic rings. The van der Waals surface area contributed by atoms with Crippen LogP contribution in [0, 0.1) is 0 Å². The van der Waals surface area contributed by atoms with Gasteiger partial charge in [-0.25, -0.2) is 0 Å². The minimum atomic E-state index is -0.227. The number of carbonyl (C=O) groups excluding carboxylic acids is 1. The van der Waals surface area contributed by atoms with E-state index in [-0.39, 0.29) is 12.5 Å². The Bertz CT molecular complexity index is 670. The van der Waals surface area contributed by atoms with E-state index in [0.29, 0.717) is 29.4 Å². The molecule has 0 atom stereocenters. The number of hydrogen-bond donors (Lipinski definition) is 2. The number of carbonyl (C=O) groups is 1. The standard InChI is InChI=1S/C15H17BrN2O4/c1-20-13-4-9(3-12(16)14(13)21-2)7-18-15(19)10-5-11(6-17)22-8-10/h3-5,8H,6-7,17H2,1-2H3,(H,18,19). The summed E-state index contributed by atoms with van der Waals surface area (Å²) in [5.41, 5.74) is 6.77. The first kappa shape index (κ1) is 16.4. The van der Waals surface area contributed by atoms with Gasteiger partial charge in [0, 0.05) is 6.54 Å². The van der Waals surface area contributed by atoms with Gasteiger partial charge in [-0.05, 0) is 39.7 Å². The van der Waals surface area contributed by atoms with Crippen LogP contribution in [-0.2, 0) is 13.1 Å². The minimum absolute atomic E-state index is 0.227. The van der Waals surface area contributed by atoms with E-state index < -0.39 is 0 Å². The molecule has 0 bridgehead atoms. The Morgan fingerprint density at radius 1 is 1.32 bits per heavy atom. The van der Waals surface area contributed by atoms with Gasteiger partial charge in [0.2, 0.25) is 0 Å². The van der Waals surface area contributed by atoms with Crippen LogP contribution in [0.4, 0.5) is 0 Å². The van der Waals surface area contributed by atoms with E-state index in [2.05, 4.69) is 21.2 Å². The van der Waals surface area contributed by atoms with Crippen molar-refractivity contribution < 1.29 is 18.7 Å². The molecule has 0 saturated heterocycles. The number of furan rings is 1. The fourth-order valence-corrected chi connectivity index (χ4v) is 2.62. The highest BCUT2D eigenvalue weighted by Crippen LogP contribution is 2.36. The van der Waals surface area contributed by atoms with Crippen molar-refractivity contribution in [3.63, 3.8) is 0 Å². The highest BCUT2D eigenvalue weighted by molar-refractivity contribution is 9.10. The lowest BCUT2D eigenvalue weighted by molar-refractivity contribution is 0.0950. The Kier molecular flexibility index (Phi) is 5.46. The normalized spacial score (nSPS) is 10.4. The third kappa shape index (κ3) is 3.61. The summed E-state index contributed by atoms with van der Waals surface area (Å²) in [7, 11) is 3.13. The van der Waals surface area contributed by atoms with E-state index in [0.717, 1.165) is 10.0 Å². The third-order valence-corrected chi connectivity index (χ3v) is 3.65. The molecule has 3 N–H and O–H groups in total. The average Bonchev–Trinajstić information content (AvgIpc) is 3.01. The summed E-state index contributed by atoms with van der Waals surface area (Å²) in [5.74, 6) is 1.54. The molecule has 0 aliphatic carbocycles. The Labute approximate surface area is 136 Å². The summed E-state index contributed by atoms with van der Waals surface area (Å²) in [4.78, 5) is 12.0. The summed E-state index contributed by atoms with van der Waals surface area (Å²) >= 11 is 3.42. The highest BCUT2D eigenvalue weighted by Gasteiger charge is 2.13. The van der Waals surface area contributed by atoms with E-state index in [1.807, 2.05) is 12.1 Å². The fraction of sp³-hybridized carbons (Fsp3) is 0.267. The zero-order valence-corrected chi connectivity index (χ0v) is 13.9. The van der Waals surface area contributed by atoms with Gasteiger partial charge in [-0.3, -0.25) is 4.79 Å². The SMILES string of the molecule is COc1cc(CNC(=O)c2coc(CN)c2)cc(Br)c1OC.